The summed E-state index contributed by atoms with van der Waals surface area (Å²) < 4.78 is 32.5. The Kier molecular flexibility index (Phi) is 7.88. The molecule has 0 aliphatic carbocycles. The van der Waals surface area contributed by atoms with Crippen LogP contribution in [0.4, 0.5) is 5.69 Å². The Morgan fingerprint density at radius 1 is 0.971 bits per heavy atom. The number of nitrogens with one attached hydrogen (secondary N) is 1. The van der Waals surface area contributed by atoms with Crippen LogP contribution in [0, 0.1) is 5.92 Å². The van der Waals surface area contributed by atoms with E-state index in [4.69, 9.17) is 16.3 Å². The van der Waals surface area contributed by atoms with E-state index in [0.29, 0.717) is 61.0 Å². The molecule has 8 nitrogen and oxygen atoms in total. The maximum absolute atomic E-state index is 13.0. The van der Waals surface area contributed by atoms with Gasteiger partial charge in [-0.15, -0.1) is 0 Å². The van der Waals surface area contributed by atoms with Gasteiger partial charge in [0.1, 0.15) is 0 Å². The van der Waals surface area contributed by atoms with Crippen molar-refractivity contribution in [1.29, 1.82) is 0 Å². The first-order chi connectivity index (χ1) is 16.3. The van der Waals surface area contributed by atoms with E-state index in [2.05, 4.69) is 5.32 Å². The van der Waals surface area contributed by atoms with E-state index in [0.717, 1.165) is 0 Å². The van der Waals surface area contributed by atoms with Crippen molar-refractivity contribution in [2.24, 2.45) is 5.92 Å². The quantitative estimate of drug-likeness (QED) is 0.651. The van der Waals surface area contributed by atoms with Crippen LogP contribution in [0.25, 0.3) is 0 Å². The van der Waals surface area contributed by atoms with Gasteiger partial charge < -0.3 is 15.0 Å². The number of morpholine rings is 1. The second-order valence-corrected chi connectivity index (χ2v) is 10.8. The number of para-hydroxylation sites is 1. The fraction of sp³-hybridized carbons (Fsp3) is 0.417. The van der Waals surface area contributed by atoms with E-state index in [-0.39, 0.29) is 36.6 Å². The summed E-state index contributed by atoms with van der Waals surface area (Å²) in [4.78, 5) is 27.6. The highest BCUT2D eigenvalue weighted by Gasteiger charge is 2.32. The molecule has 2 aliphatic rings. The minimum Gasteiger partial charge on any atom is -0.378 e. The van der Waals surface area contributed by atoms with Gasteiger partial charge in [-0.1, -0.05) is 41.9 Å². The number of piperidine rings is 1. The molecule has 0 atom stereocenters. The van der Waals surface area contributed by atoms with Crippen LogP contribution in [0.15, 0.2) is 48.5 Å². The number of benzene rings is 2. The Hall–Kier alpha value is -2.46. The van der Waals surface area contributed by atoms with Gasteiger partial charge in [0.15, 0.2) is 0 Å². The highest BCUT2D eigenvalue weighted by atomic mass is 35.5. The molecule has 10 heteroatoms. The van der Waals surface area contributed by atoms with Crippen LogP contribution in [0.2, 0.25) is 5.02 Å². The maximum Gasteiger partial charge on any atom is 0.256 e. The topological polar surface area (TPSA) is 96.0 Å². The van der Waals surface area contributed by atoms with Crippen LogP contribution in [0.5, 0.6) is 0 Å². The summed E-state index contributed by atoms with van der Waals surface area (Å²) in [6.45, 7) is 2.55. The molecule has 4 rings (SSSR count). The molecule has 0 unspecified atom stereocenters. The molecule has 0 spiro atoms. The van der Waals surface area contributed by atoms with Gasteiger partial charge >= 0.3 is 0 Å². The van der Waals surface area contributed by atoms with E-state index in [9.17, 15) is 18.0 Å². The highest BCUT2D eigenvalue weighted by molar-refractivity contribution is 7.88. The van der Waals surface area contributed by atoms with E-state index < -0.39 is 10.0 Å². The zero-order chi connectivity index (χ0) is 24.1. The van der Waals surface area contributed by atoms with Crippen LogP contribution in [-0.2, 0) is 25.3 Å². The zero-order valence-electron chi connectivity index (χ0n) is 18.8. The first-order valence-electron chi connectivity index (χ1n) is 11.3. The lowest BCUT2D eigenvalue weighted by Crippen LogP contribution is -2.42. The van der Waals surface area contributed by atoms with E-state index >= 15 is 0 Å². The molecule has 2 amide bonds. The van der Waals surface area contributed by atoms with Crippen LogP contribution in [0.1, 0.15) is 28.8 Å². The summed E-state index contributed by atoms with van der Waals surface area (Å²) in [6, 6.07) is 13.9. The van der Waals surface area contributed by atoms with Crippen molar-refractivity contribution in [3.8, 4) is 0 Å². The number of halogens is 1. The maximum atomic E-state index is 13.0. The Bertz CT molecular complexity index is 1140. The number of carbonyl (C=O) groups is 2. The molecule has 0 bridgehead atoms. The number of hydrogen-bond donors (Lipinski definition) is 1. The smallest absolute Gasteiger partial charge is 0.256 e. The lowest BCUT2D eigenvalue weighted by molar-refractivity contribution is -0.120. The van der Waals surface area contributed by atoms with Crippen molar-refractivity contribution in [1.82, 2.24) is 9.21 Å². The summed E-state index contributed by atoms with van der Waals surface area (Å²) in [5, 5.41) is 3.32. The lowest BCUT2D eigenvalue weighted by atomic mass is 9.97. The Morgan fingerprint density at radius 3 is 2.32 bits per heavy atom. The van der Waals surface area contributed by atoms with Gasteiger partial charge in [0, 0.05) is 37.1 Å². The summed E-state index contributed by atoms with van der Waals surface area (Å²) in [5.74, 6) is -0.844. The van der Waals surface area contributed by atoms with Crippen molar-refractivity contribution in [3.05, 3.63) is 64.7 Å². The van der Waals surface area contributed by atoms with E-state index in [1.165, 1.54) is 4.31 Å². The molecule has 2 aliphatic heterocycles. The van der Waals surface area contributed by atoms with Gasteiger partial charge in [0.25, 0.3) is 5.91 Å². The van der Waals surface area contributed by atoms with E-state index in [1.807, 2.05) is 0 Å². The van der Waals surface area contributed by atoms with Crippen LogP contribution >= 0.6 is 11.6 Å². The predicted octanol–water partition coefficient (Wildman–Crippen LogP) is 2.99. The van der Waals surface area contributed by atoms with Crippen LogP contribution in [-0.4, -0.2) is 68.8 Å². The summed E-state index contributed by atoms with van der Waals surface area (Å²) in [7, 11) is -3.54. The monoisotopic (exact) mass is 505 g/mol. The normalized spacial score (nSPS) is 18.0. The minimum atomic E-state index is -3.54. The number of ether oxygens (including phenoxy) is 1. The second kappa shape index (κ2) is 10.9. The van der Waals surface area contributed by atoms with Crippen molar-refractivity contribution in [2.45, 2.75) is 18.6 Å². The third-order valence-corrected chi connectivity index (χ3v) is 8.42. The summed E-state index contributed by atoms with van der Waals surface area (Å²) >= 11 is 6.13. The molecule has 2 fully saturated rings. The Morgan fingerprint density at radius 2 is 1.62 bits per heavy atom. The van der Waals surface area contributed by atoms with Gasteiger partial charge in [0.2, 0.25) is 15.9 Å². The summed E-state index contributed by atoms with van der Waals surface area (Å²) in [5.41, 5.74) is 1.47. The van der Waals surface area contributed by atoms with E-state index in [1.54, 1.807) is 53.4 Å². The molecule has 0 saturated carbocycles. The molecule has 2 aromatic rings. The lowest BCUT2D eigenvalue weighted by Gasteiger charge is -2.31. The number of anilines is 1. The number of amides is 2. The van der Waals surface area contributed by atoms with Gasteiger partial charge in [-0.05, 0) is 36.6 Å². The van der Waals surface area contributed by atoms with Gasteiger partial charge in [-0.25, -0.2) is 12.7 Å². The predicted molar refractivity (Wildman–Crippen MR) is 130 cm³/mol. The second-order valence-electron chi connectivity index (χ2n) is 8.46. The molecule has 2 saturated heterocycles. The van der Waals surface area contributed by atoms with Crippen molar-refractivity contribution >= 4 is 39.1 Å². The Labute approximate surface area is 204 Å². The van der Waals surface area contributed by atoms with Crippen LogP contribution < -0.4 is 5.32 Å². The number of hydrogen-bond acceptors (Lipinski definition) is 5. The molecule has 0 aromatic heterocycles. The molecule has 1 N–H and O–H groups in total. The standard InChI is InChI=1S/C24H28ClN3O5S/c25-21-7-3-1-5-19(21)17-34(31,32)28-11-9-18(10-12-28)23(29)26-22-8-4-2-6-20(22)24(30)27-13-15-33-16-14-27/h1-8,18H,9-17H2,(H,26,29). The average Bonchev–Trinajstić information content (AvgIpc) is 2.86. The van der Waals surface area contributed by atoms with Crippen molar-refractivity contribution < 1.29 is 22.7 Å². The fourth-order valence-electron chi connectivity index (χ4n) is 4.25. The molecular weight excluding hydrogens is 478 g/mol. The number of carbonyl (C=O) groups excluding carboxylic acids is 2. The highest BCUT2D eigenvalue weighted by Crippen LogP contribution is 2.26. The fourth-order valence-corrected chi connectivity index (χ4v) is 6.13. The first kappa shape index (κ1) is 24.7. The number of sulfonamides is 1. The third kappa shape index (κ3) is 5.78. The molecule has 2 heterocycles. The molecule has 2 aromatic carbocycles. The summed E-state index contributed by atoms with van der Waals surface area (Å²) in [6.07, 6.45) is 0.820. The molecule has 0 radical (unpaired) electrons. The average molecular weight is 506 g/mol. The van der Waals surface area contributed by atoms with Crippen molar-refractivity contribution in [3.63, 3.8) is 0 Å². The molecule has 34 heavy (non-hydrogen) atoms. The van der Waals surface area contributed by atoms with Gasteiger partial charge in [0.05, 0.1) is 30.2 Å². The zero-order valence-corrected chi connectivity index (χ0v) is 20.4. The van der Waals surface area contributed by atoms with Crippen molar-refractivity contribution in [2.75, 3.05) is 44.7 Å². The molecule has 182 valence electrons. The number of nitrogens with zero attached hydrogens (tertiary/aromatic N) is 2. The Balaban J connectivity index is 1.36. The minimum absolute atomic E-state index is 0.139. The SMILES string of the molecule is O=C(Nc1ccccc1C(=O)N1CCOCC1)C1CCN(S(=O)(=O)Cc2ccccc2Cl)CC1. The van der Waals surface area contributed by atoms with Gasteiger partial charge in [-0.3, -0.25) is 9.59 Å². The van der Waals surface area contributed by atoms with Gasteiger partial charge in [-0.2, -0.15) is 0 Å². The molecular formula is C24H28ClN3O5S. The van der Waals surface area contributed by atoms with Crippen LogP contribution in [0.3, 0.4) is 0 Å². The number of rotatable bonds is 6. The third-order valence-electron chi connectivity index (χ3n) is 6.23. The largest absolute Gasteiger partial charge is 0.378 e. The first-order valence-corrected chi connectivity index (χ1v) is 13.3.